The van der Waals surface area contributed by atoms with Crippen molar-refractivity contribution in [3.8, 4) is 6.07 Å². The topological polar surface area (TPSA) is 35.8 Å². The maximum atomic E-state index is 9.36. The van der Waals surface area contributed by atoms with Gasteiger partial charge in [0.25, 0.3) is 0 Å². The van der Waals surface area contributed by atoms with Crippen molar-refractivity contribution in [2.24, 2.45) is 5.92 Å². The summed E-state index contributed by atoms with van der Waals surface area (Å²) >= 11 is 5.87. The normalized spacial score (nSPS) is 21.7. The van der Waals surface area contributed by atoms with Gasteiger partial charge in [0, 0.05) is 11.6 Å². The van der Waals surface area contributed by atoms with Crippen molar-refractivity contribution in [3.05, 3.63) is 40.4 Å². The van der Waals surface area contributed by atoms with E-state index in [4.69, 9.17) is 11.6 Å². The largest absolute Gasteiger partial charge is 0.316 e. The number of hydrogen-bond acceptors (Lipinski definition) is 2. The number of piperidine rings is 1. The van der Waals surface area contributed by atoms with E-state index in [-0.39, 0.29) is 12.4 Å². The smallest absolute Gasteiger partial charge is 0.0997 e. The Morgan fingerprint density at radius 3 is 2.61 bits per heavy atom. The molecule has 1 aromatic rings. The van der Waals surface area contributed by atoms with Gasteiger partial charge in [-0.05, 0) is 42.2 Å². The number of allylic oxidation sites excluding steroid dienone is 1. The van der Waals surface area contributed by atoms with E-state index in [2.05, 4.69) is 18.3 Å². The molecule has 1 heterocycles. The van der Waals surface area contributed by atoms with Crippen LogP contribution in [0.1, 0.15) is 18.9 Å². The van der Waals surface area contributed by atoms with Gasteiger partial charge in [0.15, 0.2) is 0 Å². The van der Waals surface area contributed by atoms with E-state index in [1.54, 1.807) is 0 Å². The molecule has 96 valence electrons. The van der Waals surface area contributed by atoms with Crippen LogP contribution in [0.15, 0.2) is 29.8 Å². The lowest BCUT2D eigenvalue weighted by molar-refractivity contribution is 0.504. The summed E-state index contributed by atoms with van der Waals surface area (Å²) in [5, 5.41) is 13.4. The molecule has 2 rings (SSSR count). The first-order valence-corrected chi connectivity index (χ1v) is 6.20. The lowest BCUT2D eigenvalue weighted by Crippen LogP contribution is -2.30. The molecule has 0 radical (unpaired) electrons. The molecule has 1 aromatic carbocycles. The first-order valence-electron chi connectivity index (χ1n) is 5.82. The molecule has 0 spiro atoms. The number of hydrogen-bond donors (Lipinski definition) is 1. The van der Waals surface area contributed by atoms with Gasteiger partial charge in [-0.2, -0.15) is 5.26 Å². The summed E-state index contributed by atoms with van der Waals surface area (Å²) in [5.74, 6) is 0.425. The predicted molar refractivity (Wildman–Crippen MR) is 77.9 cm³/mol. The van der Waals surface area contributed by atoms with Crippen LogP contribution in [0.4, 0.5) is 0 Å². The molecule has 0 saturated carbocycles. The maximum Gasteiger partial charge on any atom is 0.0997 e. The van der Waals surface area contributed by atoms with Gasteiger partial charge in [-0.3, -0.25) is 0 Å². The minimum Gasteiger partial charge on any atom is -0.316 e. The summed E-state index contributed by atoms with van der Waals surface area (Å²) in [6.07, 6.45) is 0.951. The molecule has 18 heavy (non-hydrogen) atoms. The highest BCUT2D eigenvalue weighted by atomic mass is 35.5. The first-order chi connectivity index (χ1) is 8.22. The van der Waals surface area contributed by atoms with Gasteiger partial charge in [0.05, 0.1) is 11.6 Å². The molecule has 1 fully saturated rings. The SMILES string of the molecule is CC1CNCC/C1=C(\C#N)c1ccc(Cl)cc1.Cl. The number of nitriles is 1. The number of halogens is 2. The molecule has 0 amide bonds. The molecule has 1 N–H and O–H groups in total. The summed E-state index contributed by atoms with van der Waals surface area (Å²) in [7, 11) is 0. The third-order valence-corrected chi connectivity index (χ3v) is 3.43. The molecular weight excluding hydrogens is 267 g/mol. The van der Waals surface area contributed by atoms with E-state index in [0.717, 1.165) is 30.6 Å². The van der Waals surface area contributed by atoms with Crippen LogP contribution < -0.4 is 5.32 Å². The van der Waals surface area contributed by atoms with Crippen LogP contribution in [0.2, 0.25) is 5.02 Å². The highest BCUT2D eigenvalue weighted by Gasteiger charge is 2.18. The zero-order valence-corrected chi connectivity index (χ0v) is 11.8. The van der Waals surface area contributed by atoms with Crippen molar-refractivity contribution >= 4 is 29.6 Å². The Labute approximate surface area is 119 Å². The predicted octanol–water partition coefficient (Wildman–Crippen LogP) is 3.67. The second kappa shape index (κ2) is 6.80. The fraction of sp³-hybridized carbons (Fsp3) is 0.357. The van der Waals surface area contributed by atoms with Crippen LogP contribution in [0.5, 0.6) is 0 Å². The summed E-state index contributed by atoms with van der Waals surface area (Å²) in [6.45, 7) is 4.07. The fourth-order valence-electron chi connectivity index (χ4n) is 2.22. The van der Waals surface area contributed by atoms with E-state index in [1.807, 2.05) is 24.3 Å². The standard InChI is InChI=1S/C14H15ClN2.ClH/c1-10-9-17-7-6-13(10)14(8-16)11-2-4-12(15)5-3-11;/h2-5,10,17H,6-7,9H2,1H3;1H/b14-13-;. The van der Waals surface area contributed by atoms with Crippen molar-refractivity contribution in [1.29, 1.82) is 5.26 Å². The summed E-state index contributed by atoms with van der Waals surface area (Å²) < 4.78 is 0. The Bertz CT molecular complexity index is 472. The van der Waals surface area contributed by atoms with Crippen LogP contribution in [0.3, 0.4) is 0 Å². The zero-order chi connectivity index (χ0) is 12.3. The van der Waals surface area contributed by atoms with Gasteiger partial charge in [-0.25, -0.2) is 0 Å². The molecule has 4 heteroatoms. The number of nitrogens with zero attached hydrogens (tertiary/aromatic N) is 1. The number of benzene rings is 1. The fourth-order valence-corrected chi connectivity index (χ4v) is 2.35. The Hall–Kier alpha value is -1.01. The molecule has 0 bridgehead atoms. The van der Waals surface area contributed by atoms with Crippen molar-refractivity contribution in [1.82, 2.24) is 5.32 Å². The van der Waals surface area contributed by atoms with Crippen molar-refractivity contribution in [3.63, 3.8) is 0 Å². The average molecular weight is 283 g/mol. The molecule has 1 saturated heterocycles. The summed E-state index contributed by atoms with van der Waals surface area (Å²) in [4.78, 5) is 0. The molecule has 1 atom stereocenters. The van der Waals surface area contributed by atoms with E-state index >= 15 is 0 Å². The van der Waals surface area contributed by atoms with Gasteiger partial charge < -0.3 is 5.32 Å². The van der Waals surface area contributed by atoms with Gasteiger partial charge in [0.1, 0.15) is 0 Å². The molecule has 1 aliphatic rings. The second-order valence-corrected chi connectivity index (χ2v) is 4.81. The van der Waals surface area contributed by atoms with Crippen molar-refractivity contribution in [2.75, 3.05) is 13.1 Å². The van der Waals surface area contributed by atoms with E-state index in [0.29, 0.717) is 10.9 Å². The van der Waals surface area contributed by atoms with Crippen molar-refractivity contribution < 1.29 is 0 Å². The molecule has 0 aromatic heterocycles. The molecule has 1 aliphatic heterocycles. The van der Waals surface area contributed by atoms with Crippen LogP contribution in [0, 0.1) is 17.2 Å². The molecule has 1 unspecified atom stereocenters. The van der Waals surface area contributed by atoms with Crippen LogP contribution >= 0.6 is 24.0 Å². The first kappa shape index (κ1) is 15.0. The highest BCUT2D eigenvalue weighted by Crippen LogP contribution is 2.28. The minimum absolute atomic E-state index is 0. The Balaban J connectivity index is 0.00000162. The Morgan fingerprint density at radius 1 is 1.39 bits per heavy atom. The van der Waals surface area contributed by atoms with Crippen LogP contribution in [0.25, 0.3) is 5.57 Å². The maximum absolute atomic E-state index is 9.36. The summed E-state index contributed by atoms with van der Waals surface area (Å²) in [5.41, 5.74) is 3.05. The van der Waals surface area contributed by atoms with Gasteiger partial charge >= 0.3 is 0 Å². The lowest BCUT2D eigenvalue weighted by Gasteiger charge is -2.24. The third-order valence-electron chi connectivity index (χ3n) is 3.18. The Morgan fingerprint density at radius 2 is 2.06 bits per heavy atom. The van der Waals surface area contributed by atoms with E-state index in [9.17, 15) is 5.26 Å². The van der Waals surface area contributed by atoms with Crippen molar-refractivity contribution in [2.45, 2.75) is 13.3 Å². The third kappa shape index (κ3) is 3.26. The molecular formula is C14H16Cl2N2. The summed E-state index contributed by atoms with van der Waals surface area (Å²) in [6, 6.07) is 9.85. The number of nitrogens with one attached hydrogen (secondary N) is 1. The van der Waals surface area contributed by atoms with Crippen LogP contribution in [-0.4, -0.2) is 13.1 Å². The molecule has 2 nitrogen and oxygen atoms in total. The number of rotatable bonds is 1. The van der Waals surface area contributed by atoms with Crippen LogP contribution in [-0.2, 0) is 0 Å². The van der Waals surface area contributed by atoms with Gasteiger partial charge in [0.2, 0.25) is 0 Å². The zero-order valence-electron chi connectivity index (χ0n) is 10.2. The van der Waals surface area contributed by atoms with Gasteiger partial charge in [-0.1, -0.05) is 30.7 Å². The quantitative estimate of drug-likeness (QED) is 0.798. The molecule has 0 aliphatic carbocycles. The second-order valence-electron chi connectivity index (χ2n) is 4.37. The lowest BCUT2D eigenvalue weighted by atomic mass is 9.88. The van der Waals surface area contributed by atoms with E-state index in [1.165, 1.54) is 5.57 Å². The monoisotopic (exact) mass is 282 g/mol. The Kier molecular flexibility index (Phi) is 5.68. The minimum atomic E-state index is 0. The highest BCUT2D eigenvalue weighted by molar-refractivity contribution is 6.30. The van der Waals surface area contributed by atoms with E-state index < -0.39 is 0 Å². The van der Waals surface area contributed by atoms with Gasteiger partial charge in [-0.15, -0.1) is 12.4 Å². The average Bonchev–Trinajstić information content (AvgIpc) is 2.35.